The number of urea groups is 1. The molecule has 2 N–H and O–H groups in total. The highest BCUT2D eigenvalue weighted by molar-refractivity contribution is 7.90. The van der Waals surface area contributed by atoms with Crippen LogP contribution in [0.5, 0.6) is 0 Å². The summed E-state index contributed by atoms with van der Waals surface area (Å²) >= 11 is 0. The molecule has 0 unspecified atom stereocenters. The molecule has 0 fully saturated rings. The molecule has 1 aromatic carbocycles. The number of hydrogen-bond donors (Lipinski definition) is 2. The molecule has 0 radical (unpaired) electrons. The summed E-state index contributed by atoms with van der Waals surface area (Å²) < 4.78 is 25.5. The van der Waals surface area contributed by atoms with E-state index in [0.717, 1.165) is 12.0 Å². The number of carbonyl (C=O) groups is 2. The zero-order valence-corrected chi connectivity index (χ0v) is 12.3. The maximum Gasteiger partial charge on any atom is 0.335 e. The number of imide groups is 1. The lowest BCUT2D eigenvalue weighted by Crippen LogP contribution is -2.42. The fraction of sp³-hybridized carbons (Fsp3) is 0.385. The first-order valence-electron chi connectivity index (χ1n) is 6.28. The summed E-state index contributed by atoms with van der Waals surface area (Å²) in [5, 5.41) is 1.98. The Morgan fingerprint density at radius 2 is 1.75 bits per heavy atom. The van der Waals surface area contributed by atoms with Crippen molar-refractivity contribution in [2.45, 2.75) is 38.0 Å². The SMILES string of the molecule is CCCCC(=O)NC(=O)NS(=O)(=O)c1ccc(C)cc1. The maximum atomic E-state index is 11.9. The summed E-state index contributed by atoms with van der Waals surface area (Å²) in [4.78, 5) is 22.7. The van der Waals surface area contributed by atoms with E-state index in [4.69, 9.17) is 0 Å². The van der Waals surface area contributed by atoms with Crippen LogP contribution in [0.25, 0.3) is 0 Å². The first kappa shape index (κ1) is 16.2. The van der Waals surface area contributed by atoms with Gasteiger partial charge in [-0.15, -0.1) is 0 Å². The third kappa shape index (κ3) is 5.00. The molecule has 0 aliphatic carbocycles. The highest BCUT2D eigenvalue weighted by Gasteiger charge is 2.18. The number of benzene rings is 1. The van der Waals surface area contributed by atoms with Gasteiger partial charge in [0, 0.05) is 6.42 Å². The number of sulfonamides is 1. The van der Waals surface area contributed by atoms with Crippen molar-refractivity contribution >= 4 is 22.0 Å². The molecule has 0 saturated carbocycles. The van der Waals surface area contributed by atoms with Crippen LogP contribution in [0.4, 0.5) is 4.79 Å². The Balaban J connectivity index is 2.64. The molecule has 0 heterocycles. The second-order valence-electron chi connectivity index (χ2n) is 4.40. The number of unbranched alkanes of at least 4 members (excludes halogenated alkanes) is 1. The van der Waals surface area contributed by atoms with Crippen molar-refractivity contribution in [2.75, 3.05) is 0 Å². The largest absolute Gasteiger partial charge is 0.335 e. The molecule has 0 spiro atoms. The van der Waals surface area contributed by atoms with Crippen molar-refractivity contribution in [3.05, 3.63) is 29.8 Å². The molecule has 7 heteroatoms. The van der Waals surface area contributed by atoms with Gasteiger partial charge in [-0.05, 0) is 25.5 Å². The van der Waals surface area contributed by atoms with Gasteiger partial charge in [0.25, 0.3) is 10.0 Å². The quantitative estimate of drug-likeness (QED) is 0.865. The first-order valence-corrected chi connectivity index (χ1v) is 7.77. The van der Waals surface area contributed by atoms with Crippen molar-refractivity contribution in [3.63, 3.8) is 0 Å². The fourth-order valence-corrected chi connectivity index (χ4v) is 2.36. The molecular weight excluding hydrogens is 280 g/mol. The van der Waals surface area contributed by atoms with E-state index in [-0.39, 0.29) is 11.3 Å². The maximum absolute atomic E-state index is 11.9. The molecule has 0 aliphatic rings. The van der Waals surface area contributed by atoms with E-state index in [9.17, 15) is 18.0 Å². The number of carbonyl (C=O) groups excluding carboxylic acids is 2. The molecule has 1 rings (SSSR count). The molecular formula is C13H18N2O4S. The van der Waals surface area contributed by atoms with Gasteiger partial charge in [-0.25, -0.2) is 17.9 Å². The van der Waals surface area contributed by atoms with Crippen molar-refractivity contribution < 1.29 is 18.0 Å². The van der Waals surface area contributed by atoms with Gasteiger partial charge in [-0.1, -0.05) is 31.0 Å². The van der Waals surface area contributed by atoms with Gasteiger partial charge >= 0.3 is 6.03 Å². The summed E-state index contributed by atoms with van der Waals surface area (Å²) in [5.74, 6) is -0.497. The van der Waals surface area contributed by atoms with Crippen LogP contribution < -0.4 is 10.0 Å². The number of nitrogens with one attached hydrogen (secondary N) is 2. The minimum absolute atomic E-state index is 0.0285. The average molecular weight is 298 g/mol. The third-order valence-corrected chi connectivity index (χ3v) is 3.92. The zero-order valence-electron chi connectivity index (χ0n) is 11.5. The molecule has 0 bridgehead atoms. The van der Waals surface area contributed by atoms with Crippen LogP contribution in [0.15, 0.2) is 29.2 Å². The van der Waals surface area contributed by atoms with Crippen LogP contribution in [-0.4, -0.2) is 20.4 Å². The average Bonchev–Trinajstić information content (AvgIpc) is 2.36. The topological polar surface area (TPSA) is 92.3 Å². The molecule has 0 saturated heterocycles. The van der Waals surface area contributed by atoms with E-state index in [1.54, 1.807) is 16.9 Å². The lowest BCUT2D eigenvalue weighted by molar-refractivity contribution is -0.120. The van der Waals surface area contributed by atoms with E-state index >= 15 is 0 Å². The van der Waals surface area contributed by atoms with Gasteiger partial charge in [-0.2, -0.15) is 0 Å². The Morgan fingerprint density at radius 1 is 1.15 bits per heavy atom. The van der Waals surface area contributed by atoms with Gasteiger partial charge in [-0.3, -0.25) is 10.1 Å². The van der Waals surface area contributed by atoms with E-state index in [0.29, 0.717) is 6.42 Å². The van der Waals surface area contributed by atoms with Crippen molar-refractivity contribution in [1.82, 2.24) is 10.0 Å². The highest BCUT2D eigenvalue weighted by atomic mass is 32.2. The Hall–Kier alpha value is -1.89. The Bertz CT molecular complexity index is 579. The predicted octanol–water partition coefficient (Wildman–Crippen LogP) is 1.70. The highest BCUT2D eigenvalue weighted by Crippen LogP contribution is 2.09. The number of hydrogen-bond acceptors (Lipinski definition) is 4. The van der Waals surface area contributed by atoms with E-state index in [1.807, 2.05) is 19.2 Å². The lowest BCUT2D eigenvalue weighted by Gasteiger charge is -2.08. The Kier molecular flexibility index (Phi) is 5.69. The summed E-state index contributed by atoms with van der Waals surface area (Å²) in [7, 11) is -3.96. The van der Waals surface area contributed by atoms with Crippen LogP contribution in [-0.2, 0) is 14.8 Å². The van der Waals surface area contributed by atoms with Gasteiger partial charge < -0.3 is 0 Å². The van der Waals surface area contributed by atoms with E-state index in [2.05, 4.69) is 0 Å². The lowest BCUT2D eigenvalue weighted by atomic mass is 10.2. The predicted molar refractivity (Wildman–Crippen MR) is 74.6 cm³/mol. The molecule has 110 valence electrons. The first-order chi connectivity index (χ1) is 9.35. The minimum atomic E-state index is -3.96. The van der Waals surface area contributed by atoms with Crippen LogP contribution in [0, 0.1) is 6.92 Å². The van der Waals surface area contributed by atoms with Gasteiger partial charge in [0.2, 0.25) is 5.91 Å². The van der Waals surface area contributed by atoms with Crippen molar-refractivity contribution in [2.24, 2.45) is 0 Å². The smallest absolute Gasteiger partial charge is 0.277 e. The molecule has 20 heavy (non-hydrogen) atoms. The zero-order chi connectivity index (χ0) is 15.2. The minimum Gasteiger partial charge on any atom is -0.277 e. The number of aryl methyl sites for hydroxylation is 1. The van der Waals surface area contributed by atoms with Crippen molar-refractivity contribution in [3.8, 4) is 0 Å². The van der Waals surface area contributed by atoms with E-state index < -0.39 is 22.0 Å². The molecule has 3 amide bonds. The van der Waals surface area contributed by atoms with Crippen LogP contribution in [0.2, 0.25) is 0 Å². The molecule has 0 aromatic heterocycles. The monoisotopic (exact) mass is 298 g/mol. The van der Waals surface area contributed by atoms with Gasteiger partial charge in [0.15, 0.2) is 0 Å². The molecule has 1 aromatic rings. The van der Waals surface area contributed by atoms with E-state index in [1.165, 1.54) is 12.1 Å². The summed E-state index contributed by atoms with van der Waals surface area (Å²) in [6, 6.07) is 5.00. The second kappa shape index (κ2) is 7.04. The van der Waals surface area contributed by atoms with Crippen LogP contribution >= 0.6 is 0 Å². The summed E-state index contributed by atoms with van der Waals surface area (Å²) in [6.45, 7) is 3.73. The summed E-state index contributed by atoms with van der Waals surface area (Å²) in [6.07, 6.45) is 1.65. The Morgan fingerprint density at radius 3 is 2.30 bits per heavy atom. The number of amides is 3. The van der Waals surface area contributed by atoms with Gasteiger partial charge in [0.05, 0.1) is 4.90 Å². The summed E-state index contributed by atoms with van der Waals surface area (Å²) in [5.41, 5.74) is 0.906. The molecule has 0 aliphatic heterocycles. The standard InChI is InChI=1S/C13H18N2O4S/c1-3-4-5-12(16)14-13(17)15-20(18,19)11-8-6-10(2)7-9-11/h6-9H,3-5H2,1-2H3,(H2,14,15,16,17). The van der Waals surface area contributed by atoms with Gasteiger partial charge in [0.1, 0.15) is 0 Å². The van der Waals surface area contributed by atoms with Crippen LogP contribution in [0.1, 0.15) is 31.7 Å². The second-order valence-corrected chi connectivity index (χ2v) is 6.08. The normalized spacial score (nSPS) is 10.9. The number of rotatable bonds is 5. The third-order valence-electron chi connectivity index (χ3n) is 2.57. The Labute approximate surface area is 118 Å². The molecule has 0 atom stereocenters. The van der Waals surface area contributed by atoms with Crippen LogP contribution in [0.3, 0.4) is 0 Å². The van der Waals surface area contributed by atoms with Crippen molar-refractivity contribution in [1.29, 1.82) is 0 Å². The molecule has 6 nitrogen and oxygen atoms in total. The fourth-order valence-electron chi connectivity index (χ4n) is 1.45.